The van der Waals surface area contributed by atoms with Gasteiger partial charge in [-0.05, 0) is 36.6 Å². The smallest absolute Gasteiger partial charge is 0.341 e. The SMILES string of the molecule is CC(CN)CCC(=O)N(C)Cc1ccc(C(F)(F)F)cc1. The average Bonchev–Trinajstić information content (AvgIpc) is 2.43. The zero-order chi connectivity index (χ0) is 16.0. The molecule has 1 amide bonds. The molecule has 3 nitrogen and oxygen atoms in total. The molecule has 0 heterocycles. The van der Waals surface area contributed by atoms with Crippen molar-refractivity contribution >= 4 is 5.91 Å². The van der Waals surface area contributed by atoms with E-state index in [2.05, 4.69) is 0 Å². The summed E-state index contributed by atoms with van der Waals surface area (Å²) in [7, 11) is 1.65. The number of hydrogen-bond donors (Lipinski definition) is 1. The first-order valence-corrected chi connectivity index (χ1v) is 6.84. The van der Waals surface area contributed by atoms with Crippen molar-refractivity contribution in [1.29, 1.82) is 0 Å². The van der Waals surface area contributed by atoms with Crippen LogP contribution in [0.2, 0.25) is 0 Å². The summed E-state index contributed by atoms with van der Waals surface area (Å²) in [5.74, 6) is 0.253. The van der Waals surface area contributed by atoms with E-state index in [0.29, 0.717) is 31.5 Å². The van der Waals surface area contributed by atoms with Gasteiger partial charge in [0.05, 0.1) is 5.56 Å². The normalized spacial score (nSPS) is 13.0. The molecule has 1 aromatic carbocycles. The van der Waals surface area contributed by atoms with Crippen LogP contribution in [-0.4, -0.2) is 24.4 Å². The van der Waals surface area contributed by atoms with Crippen LogP contribution in [0.25, 0.3) is 0 Å². The van der Waals surface area contributed by atoms with Gasteiger partial charge in [0, 0.05) is 20.0 Å². The number of amides is 1. The van der Waals surface area contributed by atoms with Gasteiger partial charge in [-0.2, -0.15) is 13.2 Å². The summed E-state index contributed by atoms with van der Waals surface area (Å²) in [6.07, 6.45) is -3.22. The van der Waals surface area contributed by atoms with E-state index in [9.17, 15) is 18.0 Å². The van der Waals surface area contributed by atoms with Crippen molar-refractivity contribution in [3.63, 3.8) is 0 Å². The Hall–Kier alpha value is -1.56. The second-order valence-electron chi connectivity index (χ2n) is 5.32. The van der Waals surface area contributed by atoms with Crippen molar-refractivity contribution in [2.75, 3.05) is 13.6 Å². The number of benzene rings is 1. The first-order valence-electron chi connectivity index (χ1n) is 6.84. The highest BCUT2D eigenvalue weighted by Crippen LogP contribution is 2.29. The fourth-order valence-corrected chi connectivity index (χ4v) is 1.84. The maximum Gasteiger partial charge on any atom is 0.416 e. The Bertz CT molecular complexity index is 457. The Morgan fingerprint density at radius 1 is 1.29 bits per heavy atom. The lowest BCUT2D eigenvalue weighted by Gasteiger charge is -2.18. The first kappa shape index (κ1) is 17.5. The molecule has 0 bridgehead atoms. The monoisotopic (exact) mass is 302 g/mol. The molecule has 0 spiro atoms. The fourth-order valence-electron chi connectivity index (χ4n) is 1.84. The van der Waals surface area contributed by atoms with E-state index >= 15 is 0 Å². The molecular weight excluding hydrogens is 281 g/mol. The molecule has 0 radical (unpaired) electrons. The first-order chi connectivity index (χ1) is 9.74. The van der Waals surface area contributed by atoms with Crippen LogP contribution in [0.4, 0.5) is 13.2 Å². The standard InChI is InChI=1S/C15H21F3N2O/c1-11(9-19)3-8-14(21)20(2)10-12-4-6-13(7-5-12)15(16,17)18/h4-7,11H,3,8-10,19H2,1-2H3. The molecule has 1 rings (SSSR count). The summed E-state index contributed by atoms with van der Waals surface area (Å²) in [6.45, 7) is 2.81. The number of carbonyl (C=O) groups excluding carboxylic acids is 1. The zero-order valence-electron chi connectivity index (χ0n) is 12.3. The van der Waals surface area contributed by atoms with Crippen molar-refractivity contribution in [2.24, 2.45) is 11.7 Å². The van der Waals surface area contributed by atoms with Crippen LogP contribution in [0.15, 0.2) is 24.3 Å². The van der Waals surface area contributed by atoms with Gasteiger partial charge >= 0.3 is 6.18 Å². The van der Waals surface area contributed by atoms with Gasteiger partial charge in [-0.15, -0.1) is 0 Å². The molecule has 0 aromatic heterocycles. The Labute approximate surface area is 122 Å². The van der Waals surface area contributed by atoms with E-state index in [4.69, 9.17) is 5.73 Å². The molecule has 0 aliphatic carbocycles. The maximum absolute atomic E-state index is 12.4. The summed E-state index contributed by atoms with van der Waals surface area (Å²) in [6, 6.07) is 4.86. The summed E-state index contributed by atoms with van der Waals surface area (Å²) in [5.41, 5.74) is 5.48. The Kier molecular flexibility index (Phi) is 6.20. The summed E-state index contributed by atoms with van der Waals surface area (Å²) in [5, 5.41) is 0. The fraction of sp³-hybridized carbons (Fsp3) is 0.533. The topological polar surface area (TPSA) is 46.3 Å². The number of alkyl halides is 3. The third-order valence-corrected chi connectivity index (χ3v) is 3.38. The van der Waals surface area contributed by atoms with Crippen molar-refractivity contribution in [3.8, 4) is 0 Å². The van der Waals surface area contributed by atoms with Gasteiger partial charge in [0.2, 0.25) is 5.91 Å². The van der Waals surface area contributed by atoms with Crippen LogP contribution >= 0.6 is 0 Å². The van der Waals surface area contributed by atoms with Gasteiger partial charge in [0.15, 0.2) is 0 Å². The average molecular weight is 302 g/mol. The van der Waals surface area contributed by atoms with E-state index in [1.165, 1.54) is 17.0 Å². The second kappa shape index (κ2) is 7.45. The summed E-state index contributed by atoms with van der Waals surface area (Å²) in [4.78, 5) is 13.4. The predicted molar refractivity (Wildman–Crippen MR) is 75.4 cm³/mol. The molecule has 21 heavy (non-hydrogen) atoms. The van der Waals surface area contributed by atoms with E-state index in [1.807, 2.05) is 6.92 Å². The largest absolute Gasteiger partial charge is 0.416 e. The molecule has 118 valence electrons. The molecule has 0 saturated carbocycles. The van der Waals surface area contributed by atoms with Crippen LogP contribution in [0.3, 0.4) is 0 Å². The van der Waals surface area contributed by atoms with Gasteiger partial charge < -0.3 is 10.6 Å². The highest BCUT2D eigenvalue weighted by Gasteiger charge is 2.29. The van der Waals surface area contributed by atoms with E-state index in [-0.39, 0.29) is 11.8 Å². The van der Waals surface area contributed by atoms with Gasteiger partial charge in [-0.25, -0.2) is 0 Å². The van der Waals surface area contributed by atoms with Crippen LogP contribution in [-0.2, 0) is 17.5 Å². The molecular formula is C15H21F3N2O. The summed E-state index contributed by atoms with van der Waals surface area (Å²) >= 11 is 0. The summed E-state index contributed by atoms with van der Waals surface area (Å²) < 4.78 is 37.3. The number of hydrogen-bond acceptors (Lipinski definition) is 2. The molecule has 0 aliphatic rings. The van der Waals surface area contributed by atoms with Crippen molar-refractivity contribution in [1.82, 2.24) is 4.90 Å². The Morgan fingerprint density at radius 2 is 1.86 bits per heavy atom. The zero-order valence-corrected chi connectivity index (χ0v) is 12.3. The van der Waals surface area contributed by atoms with Crippen LogP contribution in [0, 0.1) is 5.92 Å². The molecule has 2 N–H and O–H groups in total. The van der Waals surface area contributed by atoms with Crippen LogP contribution in [0.5, 0.6) is 0 Å². The lowest BCUT2D eigenvalue weighted by atomic mass is 10.1. The highest BCUT2D eigenvalue weighted by molar-refractivity contribution is 5.75. The molecule has 1 aromatic rings. The predicted octanol–water partition coefficient (Wildman–Crippen LogP) is 3.04. The minimum atomic E-state index is -4.33. The minimum absolute atomic E-state index is 0.0322. The lowest BCUT2D eigenvalue weighted by molar-refractivity contribution is -0.137. The van der Waals surface area contributed by atoms with Crippen LogP contribution < -0.4 is 5.73 Å². The number of nitrogens with two attached hydrogens (primary N) is 1. The lowest BCUT2D eigenvalue weighted by Crippen LogP contribution is -2.27. The van der Waals surface area contributed by atoms with Crippen molar-refractivity contribution in [3.05, 3.63) is 35.4 Å². The van der Waals surface area contributed by atoms with E-state index in [1.54, 1.807) is 7.05 Å². The third kappa shape index (κ3) is 5.75. The number of nitrogens with zero attached hydrogens (tertiary/aromatic N) is 1. The van der Waals surface area contributed by atoms with E-state index < -0.39 is 11.7 Å². The maximum atomic E-state index is 12.4. The van der Waals surface area contributed by atoms with E-state index in [0.717, 1.165) is 12.1 Å². The molecule has 1 unspecified atom stereocenters. The molecule has 0 fully saturated rings. The highest BCUT2D eigenvalue weighted by atomic mass is 19.4. The molecule has 1 atom stereocenters. The van der Waals surface area contributed by atoms with Gasteiger partial charge in [-0.3, -0.25) is 4.79 Å². The quantitative estimate of drug-likeness (QED) is 0.878. The Balaban J connectivity index is 2.54. The second-order valence-corrected chi connectivity index (χ2v) is 5.32. The minimum Gasteiger partial charge on any atom is -0.341 e. The number of carbonyl (C=O) groups is 1. The van der Waals surface area contributed by atoms with Gasteiger partial charge in [0.1, 0.15) is 0 Å². The third-order valence-electron chi connectivity index (χ3n) is 3.38. The van der Waals surface area contributed by atoms with Gasteiger partial charge in [-0.1, -0.05) is 19.1 Å². The number of halogens is 3. The Morgan fingerprint density at radius 3 is 2.33 bits per heavy atom. The molecule has 6 heteroatoms. The van der Waals surface area contributed by atoms with Crippen LogP contribution in [0.1, 0.15) is 30.9 Å². The number of rotatable bonds is 6. The molecule has 0 saturated heterocycles. The molecule has 0 aliphatic heterocycles. The van der Waals surface area contributed by atoms with Crippen molar-refractivity contribution < 1.29 is 18.0 Å². The van der Waals surface area contributed by atoms with Gasteiger partial charge in [0.25, 0.3) is 0 Å². The van der Waals surface area contributed by atoms with Crippen molar-refractivity contribution in [2.45, 2.75) is 32.5 Å².